The SMILES string of the molecule is O=C(CN1CCCc2nc(-c3ccncc3)ncc2C1=O)Nc1ccc(F)cc1F. The lowest BCUT2D eigenvalue weighted by molar-refractivity contribution is -0.116. The maximum atomic E-state index is 13.8. The number of halogens is 2. The Bertz CT molecular complexity index is 1110. The Balaban J connectivity index is 1.50. The van der Waals surface area contributed by atoms with Gasteiger partial charge in [-0.2, -0.15) is 0 Å². The van der Waals surface area contributed by atoms with Crippen LogP contribution in [0.2, 0.25) is 0 Å². The topological polar surface area (TPSA) is 88.1 Å². The number of hydrogen-bond donors (Lipinski definition) is 1. The van der Waals surface area contributed by atoms with E-state index in [0.29, 0.717) is 42.5 Å². The normalized spacial score (nSPS) is 13.5. The van der Waals surface area contributed by atoms with Crippen molar-refractivity contribution in [2.75, 3.05) is 18.4 Å². The number of amides is 2. The minimum atomic E-state index is -0.882. The molecule has 0 radical (unpaired) electrons. The van der Waals surface area contributed by atoms with Gasteiger partial charge < -0.3 is 10.2 Å². The van der Waals surface area contributed by atoms with E-state index in [1.54, 1.807) is 24.5 Å². The Morgan fingerprint density at radius 2 is 1.97 bits per heavy atom. The minimum Gasteiger partial charge on any atom is -0.329 e. The highest BCUT2D eigenvalue weighted by atomic mass is 19.1. The highest BCUT2D eigenvalue weighted by Gasteiger charge is 2.26. The Kier molecular flexibility index (Phi) is 5.42. The molecule has 0 aliphatic carbocycles. The summed E-state index contributed by atoms with van der Waals surface area (Å²) in [5, 5.41) is 2.37. The Morgan fingerprint density at radius 1 is 1.17 bits per heavy atom. The van der Waals surface area contributed by atoms with E-state index in [4.69, 9.17) is 0 Å². The summed E-state index contributed by atoms with van der Waals surface area (Å²) in [6.07, 6.45) is 5.92. The zero-order valence-electron chi connectivity index (χ0n) is 15.8. The van der Waals surface area contributed by atoms with Gasteiger partial charge in [-0.1, -0.05) is 0 Å². The third kappa shape index (κ3) is 4.14. The van der Waals surface area contributed by atoms with Gasteiger partial charge in [-0.15, -0.1) is 0 Å². The number of nitrogens with one attached hydrogen (secondary N) is 1. The van der Waals surface area contributed by atoms with Gasteiger partial charge in [0.1, 0.15) is 18.2 Å². The molecule has 1 aliphatic rings. The number of nitrogens with zero attached hydrogens (tertiary/aromatic N) is 4. The minimum absolute atomic E-state index is 0.144. The van der Waals surface area contributed by atoms with E-state index < -0.39 is 17.5 Å². The number of hydrogen-bond acceptors (Lipinski definition) is 5. The van der Waals surface area contributed by atoms with Crippen molar-refractivity contribution in [1.29, 1.82) is 0 Å². The summed E-state index contributed by atoms with van der Waals surface area (Å²) in [5.41, 5.74) is 1.61. The summed E-state index contributed by atoms with van der Waals surface area (Å²) in [6.45, 7) is 0.0836. The fraction of sp³-hybridized carbons (Fsp3) is 0.190. The molecule has 2 amide bonds. The second kappa shape index (κ2) is 8.32. The molecule has 1 aromatic carbocycles. The molecule has 0 bridgehead atoms. The Hall–Kier alpha value is -3.75. The number of carbonyl (C=O) groups excluding carboxylic acids is 2. The van der Waals surface area contributed by atoms with Gasteiger partial charge in [0, 0.05) is 36.8 Å². The summed E-state index contributed by atoms with van der Waals surface area (Å²) in [6, 6.07) is 6.43. The summed E-state index contributed by atoms with van der Waals surface area (Å²) in [5.74, 6) is -2.06. The van der Waals surface area contributed by atoms with Crippen LogP contribution in [0.25, 0.3) is 11.4 Å². The molecule has 0 fully saturated rings. The lowest BCUT2D eigenvalue weighted by atomic mass is 10.1. The van der Waals surface area contributed by atoms with Gasteiger partial charge in [-0.05, 0) is 37.1 Å². The van der Waals surface area contributed by atoms with Crippen LogP contribution in [0.5, 0.6) is 0 Å². The predicted octanol–water partition coefficient (Wildman–Crippen LogP) is 2.84. The molecule has 3 aromatic rings. The first kappa shape index (κ1) is 19.6. The molecule has 1 N–H and O–H groups in total. The second-order valence-corrected chi connectivity index (χ2v) is 6.79. The molecular weight excluding hydrogens is 392 g/mol. The van der Waals surface area contributed by atoms with Crippen LogP contribution in [0.4, 0.5) is 14.5 Å². The van der Waals surface area contributed by atoms with Gasteiger partial charge >= 0.3 is 0 Å². The lowest BCUT2D eigenvalue weighted by Crippen LogP contribution is -2.38. The fourth-order valence-electron chi connectivity index (χ4n) is 3.24. The standard InChI is InChI=1S/C21H17F2N5O2/c22-14-3-4-18(16(23)10-14)26-19(29)12-28-9-1-2-17-15(21(28)30)11-25-20(27-17)13-5-7-24-8-6-13/h3-8,10-11H,1-2,9,12H2,(H,26,29). The van der Waals surface area contributed by atoms with Gasteiger partial charge in [0.25, 0.3) is 5.91 Å². The number of anilines is 1. The van der Waals surface area contributed by atoms with Crippen molar-refractivity contribution < 1.29 is 18.4 Å². The number of fused-ring (bicyclic) bond motifs is 1. The molecule has 0 saturated carbocycles. The Morgan fingerprint density at radius 3 is 2.73 bits per heavy atom. The monoisotopic (exact) mass is 409 g/mol. The molecule has 1 aliphatic heterocycles. The van der Waals surface area contributed by atoms with E-state index in [9.17, 15) is 18.4 Å². The molecular formula is C21H17F2N5O2. The lowest BCUT2D eigenvalue weighted by Gasteiger charge is -2.20. The van der Waals surface area contributed by atoms with Crippen molar-refractivity contribution in [3.05, 3.63) is 71.8 Å². The number of pyridine rings is 1. The average molecular weight is 409 g/mol. The first-order valence-electron chi connectivity index (χ1n) is 9.32. The predicted molar refractivity (Wildman–Crippen MR) is 104 cm³/mol. The highest BCUT2D eigenvalue weighted by molar-refractivity contribution is 6.00. The zero-order valence-corrected chi connectivity index (χ0v) is 15.8. The van der Waals surface area contributed by atoms with Gasteiger partial charge in [0.05, 0.1) is 16.9 Å². The molecule has 30 heavy (non-hydrogen) atoms. The van der Waals surface area contributed by atoms with Crippen molar-refractivity contribution in [2.24, 2.45) is 0 Å². The number of carbonyl (C=O) groups is 2. The van der Waals surface area contributed by atoms with Crippen molar-refractivity contribution >= 4 is 17.5 Å². The molecule has 3 heterocycles. The van der Waals surface area contributed by atoms with Crippen LogP contribution >= 0.6 is 0 Å². The molecule has 0 spiro atoms. The van der Waals surface area contributed by atoms with Gasteiger partial charge in [-0.25, -0.2) is 18.7 Å². The van der Waals surface area contributed by atoms with Crippen LogP contribution in [0, 0.1) is 11.6 Å². The third-order valence-corrected chi connectivity index (χ3v) is 4.71. The fourth-order valence-corrected chi connectivity index (χ4v) is 3.24. The summed E-state index contributed by atoms with van der Waals surface area (Å²) in [7, 11) is 0. The van der Waals surface area contributed by atoms with E-state index in [-0.39, 0.29) is 18.1 Å². The smallest absolute Gasteiger partial charge is 0.257 e. The first-order chi connectivity index (χ1) is 14.5. The largest absolute Gasteiger partial charge is 0.329 e. The van der Waals surface area contributed by atoms with Gasteiger partial charge in [0.15, 0.2) is 5.82 Å². The second-order valence-electron chi connectivity index (χ2n) is 6.79. The third-order valence-electron chi connectivity index (χ3n) is 4.71. The van der Waals surface area contributed by atoms with E-state index in [0.717, 1.165) is 17.7 Å². The number of aryl methyl sites for hydroxylation is 1. The van der Waals surface area contributed by atoms with Crippen LogP contribution < -0.4 is 5.32 Å². The average Bonchev–Trinajstić information content (AvgIpc) is 2.89. The van der Waals surface area contributed by atoms with E-state index >= 15 is 0 Å². The van der Waals surface area contributed by atoms with E-state index in [1.165, 1.54) is 11.1 Å². The summed E-state index contributed by atoms with van der Waals surface area (Å²) < 4.78 is 26.8. The molecule has 0 unspecified atom stereocenters. The number of aromatic nitrogens is 3. The molecule has 152 valence electrons. The first-order valence-corrected chi connectivity index (χ1v) is 9.32. The van der Waals surface area contributed by atoms with E-state index in [1.807, 2.05) is 0 Å². The van der Waals surface area contributed by atoms with Crippen LogP contribution in [0.1, 0.15) is 22.5 Å². The van der Waals surface area contributed by atoms with Crippen LogP contribution in [0.3, 0.4) is 0 Å². The maximum absolute atomic E-state index is 13.8. The molecule has 4 rings (SSSR count). The molecule has 0 saturated heterocycles. The van der Waals surface area contributed by atoms with Crippen molar-refractivity contribution in [2.45, 2.75) is 12.8 Å². The summed E-state index contributed by atoms with van der Waals surface area (Å²) in [4.78, 5) is 39.4. The molecule has 7 nitrogen and oxygen atoms in total. The number of rotatable bonds is 4. The van der Waals surface area contributed by atoms with Crippen LogP contribution in [-0.2, 0) is 11.2 Å². The molecule has 2 aromatic heterocycles. The van der Waals surface area contributed by atoms with E-state index in [2.05, 4.69) is 20.3 Å². The quantitative estimate of drug-likeness (QED) is 0.716. The summed E-state index contributed by atoms with van der Waals surface area (Å²) >= 11 is 0. The van der Waals surface area contributed by atoms with Crippen molar-refractivity contribution in [1.82, 2.24) is 19.9 Å². The maximum Gasteiger partial charge on any atom is 0.257 e. The van der Waals surface area contributed by atoms with Crippen molar-refractivity contribution in [3.8, 4) is 11.4 Å². The number of benzene rings is 1. The van der Waals surface area contributed by atoms with Gasteiger partial charge in [-0.3, -0.25) is 14.6 Å². The van der Waals surface area contributed by atoms with Crippen LogP contribution in [0.15, 0.2) is 48.9 Å². The molecule has 9 heteroatoms. The molecule has 0 atom stereocenters. The zero-order chi connectivity index (χ0) is 21.1. The van der Waals surface area contributed by atoms with Crippen molar-refractivity contribution in [3.63, 3.8) is 0 Å². The Labute approximate surface area is 170 Å². The van der Waals surface area contributed by atoms with Crippen LogP contribution in [-0.4, -0.2) is 44.8 Å². The van der Waals surface area contributed by atoms with Gasteiger partial charge in [0.2, 0.25) is 5.91 Å². The highest BCUT2D eigenvalue weighted by Crippen LogP contribution is 2.21.